The van der Waals surface area contributed by atoms with Crippen LogP contribution in [0.15, 0.2) is 45.9 Å². The molecule has 8 nitrogen and oxygen atoms in total. The number of benzene rings is 1. The Bertz CT molecular complexity index is 921. The van der Waals surface area contributed by atoms with Gasteiger partial charge in [-0.15, -0.1) is 11.8 Å². The summed E-state index contributed by atoms with van der Waals surface area (Å²) in [6.07, 6.45) is 3.66. The summed E-state index contributed by atoms with van der Waals surface area (Å²) in [5.74, 6) is 1.13. The minimum Gasteiger partial charge on any atom is -0.459 e. The molecule has 0 bridgehead atoms. The Morgan fingerprint density at radius 1 is 1.29 bits per heavy atom. The van der Waals surface area contributed by atoms with Gasteiger partial charge in [0.2, 0.25) is 0 Å². The van der Waals surface area contributed by atoms with Gasteiger partial charge < -0.3 is 14.6 Å². The Labute approximate surface area is 185 Å². The molecule has 1 aromatic heterocycles. The third kappa shape index (κ3) is 6.10. The first-order valence-corrected chi connectivity index (χ1v) is 11.4. The number of hydrogen-bond acceptors (Lipinski definition) is 6. The van der Waals surface area contributed by atoms with E-state index in [9.17, 15) is 19.7 Å². The number of hydrogen-bond donors (Lipinski definition) is 1. The standard InChI is InChI=1S/C22H27N3O5S/c1-15(2)9-13-31-20-6-5-16(14-18(20)25(28)29)21(26)23-17-7-10-24(11-8-17)22(27)19-4-3-12-30-19/h3-6,12,14-15,17H,7-11,13H2,1-2H3,(H,23,26). The number of nitrogens with one attached hydrogen (secondary N) is 1. The molecule has 2 heterocycles. The Kier molecular flexibility index (Phi) is 7.73. The normalized spacial score (nSPS) is 14.6. The van der Waals surface area contributed by atoms with E-state index in [-0.39, 0.29) is 29.1 Å². The molecule has 0 atom stereocenters. The van der Waals surface area contributed by atoms with Crippen LogP contribution in [-0.2, 0) is 0 Å². The van der Waals surface area contributed by atoms with Gasteiger partial charge in [0, 0.05) is 30.8 Å². The number of likely N-dealkylation sites (tertiary alicyclic amines) is 1. The second-order valence-corrected chi connectivity index (χ2v) is 9.12. The molecule has 0 radical (unpaired) electrons. The molecule has 1 fully saturated rings. The van der Waals surface area contributed by atoms with Crippen LogP contribution in [0.1, 0.15) is 54.0 Å². The van der Waals surface area contributed by atoms with Crippen molar-refractivity contribution < 1.29 is 18.9 Å². The Morgan fingerprint density at radius 3 is 2.65 bits per heavy atom. The smallest absolute Gasteiger partial charge is 0.289 e. The molecule has 1 saturated heterocycles. The lowest BCUT2D eigenvalue weighted by Crippen LogP contribution is -2.46. The number of nitrogens with zero attached hydrogens (tertiary/aromatic N) is 2. The number of thioether (sulfide) groups is 1. The van der Waals surface area contributed by atoms with Crippen LogP contribution < -0.4 is 5.32 Å². The zero-order valence-corrected chi connectivity index (χ0v) is 18.5. The van der Waals surface area contributed by atoms with E-state index in [4.69, 9.17) is 4.42 Å². The molecule has 166 valence electrons. The number of amides is 2. The van der Waals surface area contributed by atoms with Crippen molar-refractivity contribution in [2.75, 3.05) is 18.8 Å². The maximum absolute atomic E-state index is 12.7. The quantitative estimate of drug-likeness (QED) is 0.368. The molecular formula is C22H27N3O5S. The van der Waals surface area contributed by atoms with Gasteiger partial charge in [0.05, 0.1) is 16.1 Å². The van der Waals surface area contributed by atoms with Gasteiger partial charge >= 0.3 is 0 Å². The van der Waals surface area contributed by atoms with E-state index in [1.165, 1.54) is 24.1 Å². The van der Waals surface area contributed by atoms with E-state index >= 15 is 0 Å². The molecule has 1 N–H and O–H groups in total. The number of nitro groups is 1. The zero-order chi connectivity index (χ0) is 22.4. The summed E-state index contributed by atoms with van der Waals surface area (Å²) in [7, 11) is 0. The minimum atomic E-state index is -0.437. The van der Waals surface area contributed by atoms with Crippen LogP contribution in [0, 0.1) is 16.0 Å². The molecule has 3 rings (SSSR count). The van der Waals surface area contributed by atoms with Gasteiger partial charge in [-0.1, -0.05) is 13.8 Å². The maximum atomic E-state index is 12.7. The van der Waals surface area contributed by atoms with Gasteiger partial charge in [-0.05, 0) is 55.2 Å². The highest BCUT2D eigenvalue weighted by atomic mass is 32.2. The molecule has 1 aromatic carbocycles. The highest BCUT2D eigenvalue weighted by molar-refractivity contribution is 7.99. The minimum absolute atomic E-state index is 0.0414. The highest BCUT2D eigenvalue weighted by Gasteiger charge is 2.26. The second kappa shape index (κ2) is 10.5. The lowest BCUT2D eigenvalue weighted by Gasteiger charge is -2.31. The summed E-state index contributed by atoms with van der Waals surface area (Å²) in [6.45, 7) is 5.24. The second-order valence-electron chi connectivity index (χ2n) is 7.99. The summed E-state index contributed by atoms with van der Waals surface area (Å²) >= 11 is 1.44. The number of nitro benzene ring substituents is 1. The topological polar surface area (TPSA) is 106 Å². The van der Waals surface area contributed by atoms with Crippen molar-refractivity contribution in [3.63, 3.8) is 0 Å². The average molecular weight is 446 g/mol. The predicted molar refractivity (Wildman–Crippen MR) is 118 cm³/mol. The highest BCUT2D eigenvalue weighted by Crippen LogP contribution is 2.31. The molecule has 1 aliphatic heterocycles. The van der Waals surface area contributed by atoms with Gasteiger partial charge in [-0.25, -0.2) is 0 Å². The lowest BCUT2D eigenvalue weighted by atomic mass is 10.0. The number of carbonyl (C=O) groups is 2. The fourth-order valence-corrected chi connectivity index (χ4v) is 4.63. The Morgan fingerprint density at radius 2 is 2.03 bits per heavy atom. The summed E-state index contributed by atoms with van der Waals surface area (Å²) in [4.78, 5) is 38.3. The first-order valence-electron chi connectivity index (χ1n) is 10.4. The number of rotatable bonds is 8. The van der Waals surface area contributed by atoms with E-state index in [1.807, 2.05) is 0 Å². The predicted octanol–water partition coefficient (Wildman–Crippen LogP) is 4.36. The van der Waals surface area contributed by atoms with Crippen LogP contribution >= 0.6 is 11.8 Å². The Balaban J connectivity index is 1.57. The van der Waals surface area contributed by atoms with Crippen LogP contribution in [0.3, 0.4) is 0 Å². The Hall–Kier alpha value is -2.81. The van der Waals surface area contributed by atoms with Crippen LogP contribution in [0.2, 0.25) is 0 Å². The lowest BCUT2D eigenvalue weighted by molar-refractivity contribution is -0.387. The van der Waals surface area contributed by atoms with Gasteiger partial charge in [0.1, 0.15) is 0 Å². The molecule has 0 spiro atoms. The van der Waals surface area contributed by atoms with Crippen molar-refractivity contribution in [3.05, 3.63) is 58.0 Å². The summed E-state index contributed by atoms with van der Waals surface area (Å²) < 4.78 is 5.16. The van der Waals surface area contributed by atoms with Crippen molar-refractivity contribution in [1.29, 1.82) is 0 Å². The van der Waals surface area contributed by atoms with E-state index in [0.717, 1.165) is 12.2 Å². The molecule has 9 heteroatoms. The fraction of sp³-hybridized carbons (Fsp3) is 0.455. The van der Waals surface area contributed by atoms with E-state index < -0.39 is 4.92 Å². The van der Waals surface area contributed by atoms with E-state index in [1.54, 1.807) is 29.2 Å². The first-order chi connectivity index (χ1) is 14.8. The largest absolute Gasteiger partial charge is 0.459 e. The van der Waals surface area contributed by atoms with E-state index in [2.05, 4.69) is 19.2 Å². The van der Waals surface area contributed by atoms with Crippen LogP contribution in [0.4, 0.5) is 5.69 Å². The van der Waals surface area contributed by atoms with Crippen LogP contribution in [-0.4, -0.2) is 46.5 Å². The summed E-state index contributed by atoms with van der Waals surface area (Å²) in [5, 5.41) is 14.4. The van der Waals surface area contributed by atoms with Gasteiger partial charge in [0.25, 0.3) is 17.5 Å². The first kappa shape index (κ1) is 22.9. The van der Waals surface area contributed by atoms with Crippen LogP contribution in [0.25, 0.3) is 0 Å². The van der Waals surface area contributed by atoms with Crippen LogP contribution in [0.5, 0.6) is 0 Å². The van der Waals surface area contributed by atoms with Crippen molar-refractivity contribution >= 4 is 29.3 Å². The number of furan rings is 1. The molecular weight excluding hydrogens is 418 g/mol. The average Bonchev–Trinajstić information content (AvgIpc) is 3.28. The van der Waals surface area contributed by atoms with Gasteiger partial charge in [0.15, 0.2) is 5.76 Å². The monoisotopic (exact) mass is 445 g/mol. The summed E-state index contributed by atoms with van der Waals surface area (Å²) in [5.41, 5.74) is 0.231. The molecule has 2 aromatic rings. The molecule has 0 aliphatic carbocycles. The molecule has 2 amide bonds. The SMILES string of the molecule is CC(C)CCSc1ccc(C(=O)NC2CCN(C(=O)c3ccco3)CC2)cc1[N+](=O)[O-]. The number of carbonyl (C=O) groups excluding carboxylic acids is 2. The summed E-state index contributed by atoms with van der Waals surface area (Å²) in [6, 6.07) is 7.86. The van der Waals surface area contributed by atoms with Gasteiger partial charge in [-0.3, -0.25) is 19.7 Å². The van der Waals surface area contributed by atoms with Gasteiger partial charge in [-0.2, -0.15) is 0 Å². The van der Waals surface area contributed by atoms with Crippen molar-refractivity contribution in [2.45, 2.75) is 44.0 Å². The fourth-order valence-electron chi connectivity index (χ4n) is 3.38. The van der Waals surface area contributed by atoms with E-state index in [0.29, 0.717) is 42.5 Å². The third-order valence-electron chi connectivity index (χ3n) is 5.22. The van der Waals surface area contributed by atoms with Crippen molar-refractivity contribution in [3.8, 4) is 0 Å². The molecule has 1 aliphatic rings. The number of piperidine rings is 1. The molecule has 31 heavy (non-hydrogen) atoms. The molecule has 0 saturated carbocycles. The zero-order valence-electron chi connectivity index (χ0n) is 17.7. The van der Waals surface area contributed by atoms with Crippen molar-refractivity contribution in [1.82, 2.24) is 10.2 Å². The maximum Gasteiger partial charge on any atom is 0.289 e. The molecule has 0 unspecified atom stereocenters. The van der Waals surface area contributed by atoms with Crippen molar-refractivity contribution in [2.24, 2.45) is 5.92 Å². The third-order valence-corrected chi connectivity index (χ3v) is 6.32.